The van der Waals surface area contributed by atoms with Gasteiger partial charge in [0, 0.05) is 30.9 Å². The lowest BCUT2D eigenvalue weighted by molar-refractivity contribution is -0.151. The molecule has 0 bridgehead atoms. The van der Waals surface area contributed by atoms with Crippen LogP contribution in [-0.2, 0) is 35.2 Å². The predicted octanol–water partition coefficient (Wildman–Crippen LogP) is 0.685. The van der Waals surface area contributed by atoms with Crippen LogP contribution in [0.1, 0.15) is 63.4 Å². The molecule has 11 nitrogen and oxygen atoms in total. The molecule has 1 saturated carbocycles. The van der Waals surface area contributed by atoms with Crippen molar-refractivity contribution >= 4 is 43.3 Å². The summed E-state index contributed by atoms with van der Waals surface area (Å²) in [5.41, 5.74) is 6.02. The number of rotatable bonds is 17. The molecule has 1 aromatic carbocycles. The van der Waals surface area contributed by atoms with Crippen LogP contribution < -0.4 is 21.7 Å². The molecule has 40 heavy (non-hydrogen) atoms. The number of carbonyl (C=O) groups excluding carboxylic acids is 5. The van der Waals surface area contributed by atoms with Crippen LogP contribution in [0.15, 0.2) is 36.4 Å². The minimum atomic E-state index is -1.19. The Morgan fingerprint density at radius 1 is 0.975 bits per heavy atom. The van der Waals surface area contributed by atoms with E-state index < -0.39 is 17.4 Å². The molecule has 1 atom stereocenters. The SMILES string of the molecule is BOCc1ccc(NC(=O)[C@H](CCCCN)NC(=O)C2(C(=O)NCCCCCN3C(=O)C=CC3=O)CCC2)cc1. The van der Waals surface area contributed by atoms with Crippen LogP contribution in [-0.4, -0.2) is 68.2 Å². The Morgan fingerprint density at radius 3 is 2.27 bits per heavy atom. The average Bonchev–Trinajstić information content (AvgIpc) is 3.23. The van der Waals surface area contributed by atoms with Gasteiger partial charge >= 0.3 is 0 Å². The molecular formula is C28H40BN5O6. The highest BCUT2D eigenvalue weighted by atomic mass is 16.4. The van der Waals surface area contributed by atoms with Crippen LogP contribution in [0.5, 0.6) is 0 Å². The van der Waals surface area contributed by atoms with Crippen LogP contribution in [0.25, 0.3) is 0 Å². The van der Waals surface area contributed by atoms with Crippen LogP contribution >= 0.6 is 0 Å². The lowest BCUT2D eigenvalue weighted by Gasteiger charge is -2.39. The van der Waals surface area contributed by atoms with E-state index in [0.717, 1.165) is 12.0 Å². The van der Waals surface area contributed by atoms with Gasteiger partial charge in [0.2, 0.25) is 17.7 Å². The maximum atomic E-state index is 13.4. The molecule has 1 aromatic rings. The number of imide groups is 1. The summed E-state index contributed by atoms with van der Waals surface area (Å²) in [6, 6.07) is 6.48. The van der Waals surface area contributed by atoms with Crippen LogP contribution in [0.4, 0.5) is 5.69 Å². The van der Waals surface area contributed by atoms with Gasteiger partial charge in [-0.3, -0.25) is 28.9 Å². The summed E-state index contributed by atoms with van der Waals surface area (Å²) in [5.74, 6) is -1.71. The molecule has 0 saturated heterocycles. The summed E-state index contributed by atoms with van der Waals surface area (Å²) in [6.45, 7) is 1.68. The molecule has 1 fully saturated rings. The first-order valence-electron chi connectivity index (χ1n) is 14.0. The maximum Gasteiger partial charge on any atom is 0.257 e. The van der Waals surface area contributed by atoms with Gasteiger partial charge in [0.15, 0.2) is 0 Å². The number of benzene rings is 1. The molecule has 1 aliphatic heterocycles. The standard InChI is InChI=1S/C28H40BN5O6/c29-40-19-20-8-10-21(11-9-20)32-25(37)22(7-2-3-16-30)33-27(39)28(14-6-15-28)26(38)31-17-4-1-5-18-34-23(35)12-13-24(34)36/h8-13,22H,1-7,14-19,29-30H2,(H,31,38)(H,32,37)(H,33,39)/t22-/m0/s1. The third kappa shape index (κ3) is 8.25. The summed E-state index contributed by atoms with van der Waals surface area (Å²) in [6.07, 6.45) is 7.92. The summed E-state index contributed by atoms with van der Waals surface area (Å²) < 4.78 is 5.12. The fourth-order valence-electron chi connectivity index (χ4n) is 4.82. The van der Waals surface area contributed by atoms with Crippen molar-refractivity contribution in [2.45, 2.75) is 70.4 Å². The number of hydrogen-bond acceptors (Lipinski definition) is 7. The van der Waals surface area contributed by atoms with Crippen molar-refractivity contribution in [1.82, 2.24) is 15.5 Å². The van der Waals surface area contributed by atoms with Gasteiger partial charge in [0.25, 0.3) is 19.9 Å². The molecule has 0 radical (unpaired) electrons. The molecule has 0 unspecified atom stereocenters. The van der Waals surface area contributed by atoms with Gasteiger partial charge in [-0.2, -0.15) is 0 Å². The van der Waals surface area contributed by atoms with E-state index in [4.69, 9.17) is 10.4 Å². The Kier molecular flexibility index (Phi) is 11.9. The van der Waals surface area contributed by atoms with Gasteiger partial charge < -0.3 is 26.3 Å². The summed E-state index contributed by atoms with van der Waals surface area (Å²) in [7, 11) is 1.61. The molecule has 216 valence electrons. The molecule has 3 rings (SSSR count). The van der Waals surface area contributed by atoms with E-state index in [2.05, 4.69) is 16.0 Å². The third-order valence-corrected chi connectivity index (χ3v) is 7.42. The van der Waals surface area contributed by atoms with Gasteiger partial charge in [-0.15, -0.1) is 0 Å². The van der Waals surface area contributed by atoms with Crippen molar-refractivity contribution in [3.05, 3.63) is 42.0 Å². The second-order valence-corrected chi connectivity index (χ2v) is 10.3. The van der Waals surface area contributed by atoms with Gasteiger partial charge in [-0.25, -0.2) is 0 Å². The molecule has 1 heterocycles. The van der Waals surface area contributed by atoms with E-state index in [-0.39, 0.29) is 23.6 Å². The summed E-state index contributed by atoms with van der Waals surface area (Å²) >= 11 is 0. The van der Waals surface area contributed by atoms with Crippen molar-refractivity contribution in [2.24, 2.45) is 11.1 Å². The Hall–Kier alpha value is -3.51. The first-order valence-corrected chi connectivity index (χ1v) is 14.0. The number of unbranched alkanes of at least 4 members (excludes halogenated alkanes) is 3. The number of carbonyl (C=O) groups is 5. The van der Waals surface area contributed by atoms with Gasteiger partial charge in [-0.05, 0) is 75.6 Å². The van der Waals surface area contributed by atoms with Crippen LogP contribution in [0, 0.1) is 5.41 Å². The minimum absolute atomic E-state index is 0.300. The van der Waals surface area contributed by atoms with E-state index in [1.165, 1.54) is 17.1 Å². The highest BCUT2D eigenvalue weighted by molar-refractivity contribution is 6.12. The van der Waals surface area contributed by atoms with Crippen molar-refractivity contribution in [3.8, 4) is 0 Å². The monoisotopic (exact) mass is 553 g/mol. The predicted molar refractivity (Wildman–Crippen MR) is 152 cm³/mol. The lowest BCUT2D eigenvalue weighted by Crippen LogP contribution is -2.58. The van der Waals surface area contributed by atoms with E-state index in [1.807, 2.05) is 12.1 Å². The Bertz CT molecular complexity index is 1070. The fraction of sp³-hybridized carbons (Fsp3) is 0.536. The van der Waals surface area contributed by atoms with Crippen molar-refractivity contribution in [1.29, 1.82) is 0 Å². The maximum absolute atomic E-state index is 13.4. The van der Waals surface area contributed by atoms with Crippen LogP contribution in [0.2, 0.25) is 0 Å². The lowest BCUT2D eigenvalue weighted by atomic mass is 9.67. The summed E-state index contributed by atoms with van der Waals surface area (Å²) in [4.78, 5) is 64.0. The molecule has 12 heteroatoms. The van der Waals surface area contributed by atoms with Crippen molar-refractivity contribution in [3.63, 3.8) is 0 Å². The topological polar surface area (TPSA) is 160 Å². The zero-order valence-corrected chi connectivity index (χ0v) is 23.2. The molecule has 5 amide bonds. The highest BCUT2D eigenvalue weighted by Gasteiger charge is 2.51. The quantitative estimate of drug-likeness (QED) is 0.0956. The van der Waals surface area contributed by atoms with Gasteiger partial charge in [0.1, 0.15) is 11.5 Å². The molecular weight excluding hydrogens is 513 g/mol. The van der Waals surface area contributed by atoms with E-state index >= 15 is 0 Å². The zero-order valence-electron chi connectivity index (χ0n) is 23.2. The minimum Gasteiger partial charge on any atom is -0.440 e. The number of nitrogens with two attached hydrogens (primary N) is 1. The first-order chi connectivity index (χ1) is 19.3. The normalized spacial score (nSPS) is 16.4. The smallest absolute Gasteiger partial charge is 0.257 e. The van der Waals surface area contributed by atoms with Crippen molar-refractivity contribution < 1.29 is 28.6 Å². The van der Waals surface area contributed by atoms with E-state index in [0.29, 0.717) is 83.3 Å². The molecule has 5 N–H and O–H groups in total. The fourth-order valence-corrected chi connectivity index (χ4v) is 4.82. The van der Waals surface area contributed by atoms with Crippen molar-refractivity contribution in [2.75, 3.05) is 25.0 Å². The second kappa shape index (κ2) is 15.3. The summed E-state index contributed by atoms with van der Waals surface area (Å²) in [5, 5.41) is 8.59. The number of nitrogens with zero attached hydrogens (tertiary/aromatic N) is 1. The largest absolute Gasteiger partial charge is 0.440 e. The zero-order chi connectivity index (χ0) is 29.0. The number of anilines is 1. The van der Waals surface area contributed by atoms with Gasteiger partial charge in [-0.1, -0.05) is 18.6 Å². The highest BCUT2D eigenvalue weighted by Crippen LogP contribution is 2.41. The molecule has 1 aliphatic carbocycles. The molecule has 2 aliphatic rings. The Morgan fingerprint density at radius 2 is 1.68 bits per heavy atom. The average molecular weight is 553 g/mol. The van der Waals surface area contributed by atoms with E-state index in [1.54, 1.807) is 20.2 Å². The van der Waals surface area contributed by atoms with Crippen LogP contribution in [0.3, 0.4) is 0 Å². The van der Waals surface area contributed by atoms with E-state index in [9.17, 15) is 24.0 Å². The number of amides is 5. The number of hydrogen-bond donors (Lipinski definition) is 4. The Labute approximate surface area is 236 Å². The molecule has 0 spiro atoms. The molecule has 0 aromatic heterocycles. The third-order valence-electron chi connectivity index (χ3n) is 7.42. The second-order valence-electron chi connectivity index (χ2n) is 10.3. The first kappa shape index (κ1) is 31.0. The number of nitrogens with one attached hydrogen (secondary N) is 3. The Balaban J connectivity index is 1.50. The van der Waals surface area contributed by atoms with Gasteiger partial charge in [0.05, 0.1) is 6.61 Å².